The lowest BCUT2D eigenvalue weighted by atomic mass is 10.1. The van der Waals surface area contributed by atoms with Gasteiger partial charge in [-0.15, -0.1) is 0 Å². The molecule has 2 aromatic carbocycles. The predicted molar refractivity (Wildman–Crippen MR) is 79.6 cm³/mol. The second-order valence-electron chi connectivity index (χ2n) is 3.25. The summed E-state index contributed by atoms with van der Waals surface area (Å²) in [6.07, 6.45) is 0. The van der Waals surface area contributed by atoms with E-state index < -0.39 is 5.69 Å². The molecule has 2 nitrogen and oxygen atoms in total. The Morgan fingerprint density at radius 1 is 0.765 bits per heavy atom. The predicted octanol–water partition coefficient (Wildman–Crippen LogP) is 3.48. The fourth-order valence-electron chi connectivity index (χ4n) is 1.26. The molecule has 90 valence electrons. The van der Waals surface area contributed by atoms with Gasteiger partial charge >= 0.3 is 0 Å². The molecule has 0 amide bonds. The molecule has 2 aromatic rings. The van der Waals surface area contributed by atoms with Gasteiger partial charge in [0.2, 0.25) is 5.69 Å². The van der Waals surface area contributed by atoms with Crippen molar-refractivity contribution in [3.8, 4) is 11.1 Å². The van der Waals surface area contributed by atoms with Crippen molar-refractivity contribution in [1.82, 2.24) is 0 Å². The first-order valence-electron chi connectivity index (χ1n) is 4.85. The maximum Gasteiger partial charge on any atom is 0.239 e. The molecule has 0 aliphatic heterocycles. The fourth-order valence-corrected chi connectivity index (χ4v) is 1.26. The van der Waals surface area contributed by atoms with Crippen molar-refractivity contribution < 1.29 is 9.79 Å². The maximum atomic E-state index is 7.87. The van der Waals surface area contributed by atoms with Crippen molar-refractivity contribution in [3.63, 3.8) is 0 Å². The Morgan fingerprint density at radius 3 is 1.24 bits per heavy atom. The van der Waals surface area contributed by atoms with E-state index in [9.17, 15) is 0 Å². The van der Waals surface area contributed by atoms with Crippen molar-refractivity contribution in [2.75, 3.05) is 0 Å². The van der Waals surface area contributed by atoms with E-state index in [0.717, 1.165) is 0 Å². The third-order valence-corrected chi connectivity index (χ3v) is 1.88. The van der Waals surface area contributed by atoms with E-state index >= 15 is 0 Å². The minimum Gasteiger partial charge on any atom is -0.338 e. The lowest BCUT2D eigenvalue weighted by Crippen LogP contribution is -1.73. The summed E-state index contributed by atoms with van der Waals surface area (Å²) < 4.78 is 0. The van der Waals surface area contributed by atoms with Gasteiger partial charge < -0.3 is 9.79 Å². The van der Waals surface area contributed by atoms with E-state index in [1.54, 1.807) is 0 Å². The van der Waals surface area contributed by atoms with Crippen LogP contribution in [0.15, 0.2) is 60.7 Å². The highest BCUT2D eigenvalue weighted by atomic mass is 32.9. The van der Waals surface area contributed by atoms with Crippen LogP contribution < -0.4 is 0 Å². The quantitative estimate of drug-likeness (QED) is 0.554. The van der Waals surface area contributed by atoms with Gasteiger partial charge in [0.25, 0.3) is 0 Å². The molecule has 0 saturated heterocycles. The zero-order chi connectivity index (χ0) is 12.7. The van der Waals surface area contributed by atoms with Crippen LogP contribution in [0.4, 0.5) is 0 Å². The van der Waals surface area contributed by atoms with Gasteiger partial charge in [0.15, 0.2) is 0 Å². The van der Waals surface area contributed by atoms with Gasteiger partial charge in [0, 0.05) is 0 Å². The molecule has 0 unspecified atom stereocenters. The van der Waals surface area contributed by atoms with Crippen LogP contribution in [0.1, 0.15) is 0 Å². The summed E-state index contributed by atoms with van der Waals surface area (Å²) in [6, 6.07) is 20.8. The maximum absolute atomic E-state index is 7.87. The van der Waals surface area contributed by atoms with Crippen LogP contribution in [0.25, 0.3) is 11.1 Å². The minimum atomic E-state index is -3.11. The first-order chi connectivity index (χ1) is 7.97. The Hall–Kier alpha value is -0.640. The van der Waals surface area contributed by atoms with Gasteiger partial charge in [-0.25, -0.2) is 0 Å². The molecule has 0 radical (unpaired) electrons. The van der Waals surface area contributed by atoms with Crippen molar-refractivity contribution in [1.29, 1.82) is 0 Å². The summed E-state index contributed by atoms with van der Waals surface area (Å²) in [6.45, 7) is 0. The zero-order valence-corrected chi connectivity index (χ0v) is 11.6. The Bertz CT molecular complexity index is 437. The largest absolute Gasteiger partial charge is 0.338 e. The standard InChI is InChI=1S/C12H10.H3O2PS2/c1-3-7-11(8-4-1)12-9-5-2-6-10-12;1-3(2,4)5/h1-10H;(H3,1,2,4,5). The van der Waals surface area contributed by atoms with E-state index in [1.165, 1.54) is 11.1 Å². The molecule has 0 bridgehead atoms. The number of hydrogen-bond donors (Lipinski definition) is 3. The Balaban J connectivity index is 0.000000249. The lowest BCUT2D eigenvalue weighted by molar-refractivity contribution is 0.503. The van der Waals surface area contributed by atoms with Gasteiger partial charge in [-0.1, -0.05) is 72.9 Å². The number of benzene rings is 2. The van der Waals surface area contributed by atoms with Crippen molar-refractivity contribution >= 4 is 29.7 Å². The third kappa shape index (κ3) is 7.31. The second kappa shape index (κ2) is 6.94. The van der Waals surface area contributed by atoms with Gasteiger partial charge in [0.1, 0.15) is 0 Å². The second-order valence-corrected chi connectivity index (χ2v) is 8.28. The first kappa shape index (κ1) is 14.4. The highest BCUT2D eigenvalue weighted by Crippen LogP contribution is 2.39. The van der Waals surface area contributed by atoms with Gasteiger partial charge in [-0.2, -0.15) is 0 Å². The highest BCUT2D eigenvalue weighted by molar-refractivity contribution is 8.59. The fraction of sp³-hybridized carbons (Fsp3) is 0. The van der Waals surface area contributed by atoms with Crippen LogP contribution in [0.5, 0.6) is 0 Å². The smallest absolute Gasteiger partial charge is 0.239 e. The summed E-state index contributed by atoms with van der Waals surface area (Å²) >= 11 is 7.07. The molecule has 0 aliphatic rings. The van der Waals surface area contributed by atoms with Crippen LogP contribution in [0.3, 0.4) is 0 Å². The Morgan fingerprint density at radius 2 is 1.00 bits per heavy atom. The number of hydrogen-bond acceptors (Lipinski definition) is 1. The molecular weight excluding hydrogens is 271 g/mol. The normalized spacial score (nSPS) is 10.3. The van der Waals surface area contributed by atoms with E-state index in [0.29, 0.717) is 0 Å². The zero-order valence-electron chi connectivity index (χ0n) is 8.97. The molecule has 0 fully saturated rings. The van der Waals surface area contributed by atoms with E-state index in [4.69, 9.17) is 9.79 Å². The number of thiol groups is 1. The van der Waals surface area contributed by atoms with Gasteiger partial charge in [-0.05, 0) is 22.9 Å². The van der Waals surface area contributed by atoms with E-state index in [1.807, 2.05) is 12.1 Å². The topological polar surface area (TPSA) is 40.5 Å². The minimum absolute atomic E-state index is 1.28. The highest BCUT2D eigenvalue weighted by Gasteiger charge is 1.91. The van der Waals surface area contributed by atoms with Crippen LogP contribution in [0, 0.1) is 0 Å². The molecule has 0 aromatic heterocycles. The Labute approximate surface area is 111 Å². The average Bonchev–Trinajstić information content (AvgIpc) is 2.29. The summed E-state index contributed by atoms with van der Waals surface area (Å²) in [5.74, 6) is 0. The molecule has 5 heteroatoms. The molecule has 2 rings (SSSR count). The van der Waals surface area contributed by atoms with Crippen molar-refractivity contribution in [2.24, 2.45) is 0 Å². The van der Waals surface area contributed by atoms with Gasteiger partial charge in [0.05, 0.1) is 0 Å². The van der Waals surface area contributed by atoms with Crippen LogP contribution in [0.2, 0.25) is 0 Å². The molecular formula is C12H13O2PS2. The van der Waals surface area contributed by atoms with Crippen LogP contribution >= 0.6 is 17.9 Å². The molecule has 0 aliphatic carbocycles. The SMILES string of the molecule is OP(O)(=S)S.c1ccc(-c2ccccc2)cc1. The molecule has 0 heterocycles. The molecule has 0 spiro atoms. The summed E-state index contributed by atoms with van der Waals surface area (Å²) in [7, 11) is 0. The van der Waals surface area contributed by atoms with Crippen molar-refractivity contribution in [3.05, 3.63) is 60.7 Å². The third-order valence-electron chi connectivity index (χ3n) is 1.88. The Kier molecular flexibility index (Phi) is 5.89. The lowest BCUT2D eigenvalue weighted by Gasteiger charge is -1.98. The van der Waals surface area contributed by atoms with Gasteiger partial charge in [-0.3, -0.25) is 0 Å². The monoisotopic (exact) mass is 284 g/mol. The van der Waals surface area contributed by atoms with Crippen LogP contribution in [-0.2, 0) is 11.8 Å². The first-order valence-corrected chi connectivity index (χ1v) is 8.71. The molecule has 0 saturated carbocycles. The summed E-state index contributed by atoms with van der Waals surface area (Å²) in [4.78, 5) is 15.7. The molecule has 0 atom stereocenters. The summed E-state index contributed by atoms with van der Waals surface area (Å²) in [5, 5.41) is 0. The van der Waals surface area contributed by atoms with E-state index in [-0.39, 0.29) is 0 Å². The molecule has 2 N–H and O–H groups in total. The average molecular weight is 284 g/mol. The van der Waals surface area contributed by atoms with E-state index in [2.05, 4.69) is 72.6 Å². The molecule has 17 heavy (non-hydrogen) atoms. The summed E-state index contributed by atoms with van der Waals surface area (Å²) in [5.41, 5.74) is -0.559. The number of rotatable bonds is 1. The van der Waals surface area contributed by atoms with Crippen LogP contribution in [-0.4, -0.2) is 9.79 Å². The van der Waals surface area contributed by atoms with Crippen molar-refractivity contribution in [2.45, 2.75) is 0 Å².